The summed E-state index contributed by atoms with van der Waals surface area (Å²) in [5, 5.41) is 0. The molecule has 1 saturated carbocycles. The smallest absolute Gasteiger partial charge is 0.0419 e. The van der Waals surface area contributed by atoms with Gasteiger partial charge in [0.1, 0.15) is 0 Å². The minimum Gasteiger partial charge on any atom is -0.300 e. The van der Waals surface area contributed by atoms with E-state index in [1.807, 2.05) is 7.05 Å². The lowest BCUT2D eigenvalue weighted by Crippen LogP contribution is -2.38. The van der Waals surface area contributed by atoms with Crippen molar-refractivity contribution in [2.45, 2.75) is 68.6 Å². The zero-order valence-corrected chi connectivity index (χ0v) is 18.9. The van der Waals surface area contributed by atoms with Crippen LogP contribution >= 0.6 is 11.6 Å². The lowest BCUT2D eigenvalue weighted by Gasteiger charge is -2.41. The van der Waals surface area contributed by atoms with Gasteiger partial charge < -0.3 is 0 Å². The molecular formula is C27H32ClN. The van der Waals surface area contributed by atoms with Crippen molar-refractivity contribution in [1.29, 1.82) is 0 Å². The number of nitrogens with zero attached hydrogens (tertiary/aromatic N) is 1. The molecule has 2 aliphatic rings. The summed E-state index contributed by atoms with van der Waals surface area (Å²) in [4.78, 5) is 4.40. The summed E-state index contributed by atoms with van der Waals surface area (Å²) in [6, 6.07) is 16.0. The fourth-order valence-electron chi connectivity index (χ4n) is 5.64. The van der Waals surface area contributed by atoms with Crippen molar-refractivity contribution in [2.75, 3.05) is 7.05 Å². The molecule has 1 atom stereocenters. The van der Waals surface area contributed by atoms with E-state index in [1.54, 1.807) is 0 Å². The van der Waals surface area contributed by atoms with Gasteiger partial charge in [0.15, 0.2) is 0 Å². The molecule has 0 amide bonds. The van der Waals surface area contributed by atoms with Gasteiger partial charge in [-0.05, 0) is 73.8 Å². The summed E-state index contributed by atoms with van der Waals surface area (Å²) in [7, 11) is 1.89. The van der Waals surface area contributed by atoms with Gasteiger partial charge in [-0.2, -0.15) is 0 Å². The molecule has 2 aromatic carbocycles. The second-order valence-electron chi connectivity index (χ2n) is 9.73. The molecule has 4 rings (SSSR count). The molecule has 1 fully saturated rings. The fraction of sp³-hybridized carbons (Fsp3) is 0.444. The van der Waals surface area contributed by atoms with E-state index in [9.17, 15) is 0 Å². The highest BCUT2D eigenvalue weighted by Crippen LogP contribution is 2.53. The molecule has 0 spiro atoms. The Morgan fingerprint density at radius 1 is 1.03 bits per heavy atom. The number of alkyl halides is 1. The Bertz CT molecular complexity index is 974. The number of halogens is 1. The van der Waals surface area contributed by atoms with E-state index in [-0.39, 0.29) is 15.7 Å². The quantitative estimate of drug-likeness (QED) is 0.284. The molecule has 1 unspecified atom stereocenters. The van der Waals surface area contributed by atoms with Gasteiger partial charge in [0.25, 0.3) is 0 Å². The van der Waals surface area contributed by atoms with E-state index in [4.69, 9.17) is 11.6 Å². The molecule has 0 aliphatic heterocycles. The first-order valence-corrected chi connectivity index (χ1v) is 11.1. The molecule has 152 valence electrons. The zero-order chi connectivity index (χ0) is 20.9. The molecule has 29 heavy (non-hydrogen) atoms. The van der Waals surface area contributed by atoms with Crippen LogP contribution in [0.2, 0.25) is 0 Å². The zero-order valence-electron chi connectivity index (χ0n) is 18.2. The topological polar surface area (TPSA) is 12.4 Å². The summed E-state index contributed by atoms with van der Waals surface area (Å²) in [6.45, 7) is 10.9. The third-order valence-electron chi connectivity index (χ3n) is 7.22. The molecule has 1 nitrogen and oxygen atoms in total. The van der Waals surface area contributed by atoms with Gasteiger partial charge in [-0.1, -0.05) is 55.0 Å². The van der Waals surface area contributed by atoms with Crippen LogP contribution in [-0.2, 0) is 10.8 Å². The number of aliphatic imine (C=N–C) groups is 1. The predicted molar refractivity (Wildman–Crippen MR) is 127 cm³/mol. The van der Waals surface area contributed by atoms with E-state index in [1.165, 1.54) is 33.4 Å². The molecule has 0 saturated heterocycles. The number of benzene rings is 2. The molecule has 0 N–H and O–H groups in total. The van der Waals surface area contributed by atoms with Gasteiger partial charge in [0, 0.05) is 29.0 Å². The van der Waals surface area contributed by atoms with Gasteiger partial charge in [0.05, 0.1) is 0 Å². The maximum atomic E-state index is 6.69. The van der Waals surface area contributed by atoms with Gasteiger partial charge in [0.2, 0.25) is 0 Å². The lowest BCUT2D eigenvalue weighted by molar-refractivity contribution is 0.329. The van der Waals surface area contributed by atoms with Gasteiger partial charge in [-0.25, -0.2) is 0 Å². The SMILES string of the molecule is C=C(C)CC1(C)c2ccccc2-c2ccc(C3(C=NC)CCC(C)(Cl)CC3)cc21. The highest BCUT2D eigenvalue weighted by molar-refractivity contribution is 6.23. The summed E-state index contributed by atoms with van der Waals surface area (Å²) < 4.78 is 0. The molecular weight excluding hydrogens is 374 g/mol. The number of fused-ring (bicyclic) bond motifs is 3. The van der Waals surface area contributed by atoms with Crippen molar-refractivity contribution >= 4 is 17.8 Å². The minimum absolute atomic E-state index is 0.0168. The largest absolute Gasteiger partial charge is 0.300 e. The van der Waals surface area contributed by atoms with Gasteiger partial charge in [-0.15, -0.1) is 18.2 Å². The third-order valence-corrected chi connectivity index (χ3v) is 7.59. The Kier molecular flexibility index (Phi) is 5.02. The summed E-state index contributed by atoms with van der Waals surface area (Å²) in [5.41, 5.74) is 8.15. The van der Waals surface area contributed by atoms with Crippen LogP contribution in [0, 0.1) is 0 Å². The molecule has 0 radical (unpaired) electrons. The number of hydrogen-bond acceptors (Lipinski definition) is 1. The predicted octanol–water partition coefficient (Wildman–Crippen LogP) is 7.45. The summed E-state index contributed by atoms with van der Waals surface area (Å²) in [6.07, 6.45) is 7.27. The van der Waals surface area contributed by atoms with Gasteiger partial charge in [-0.3, -0.25) is 4.99 Å². The average molecular weight is 406 g/mol. The Balaban J connectivity index is 1.86. The molecule has 2 aliphatic carbocycles. The van der Waals surface area contributed by atoms with Crippen LogP contribution in [0.15, 0.2) is 59.6 Å². The average Bonchev–Trinajstić information content (AvgIpc) is 2.92. The van der Waals surface area contributed by atoms with E-state index in [2.05, 4.69) is 81.0 Å². The maximum absolute atomic E-state index is 6.69. The van der Waals surface area contributed by atoms with Crippen molar-refractivity contribution in [2.24, 2.45) is 4.99 Å². The van der Waals surface area contributed by atoms with Crippen LogP contribution in [0.1, 0.15) is 69.6 Å². The molecule has 0 heterocycles. The summed E-state index contributed by atoms with van der Waals surface area (Å²) >= 11 is 6.69. The lowest BCUT2D eigenvalue weighted by atomic mass is 9.66. The van der Waals surface area contributed by atoms with Crippen molar-refractivity contribution in [3.8, 4) is 11.1 Å². The summed E-state index contributed by atoms with van der Waals surface area (Å²) in [5.74, 6) is 0. The highest BCUT2D eigenvalue weighted by atomic mass is 35.5. The van der Waals surface area contributed by atoms with Crippen LogP contribution < -0.4 is 0 Å². The fourth-order valence-corrected chi connectivity index (χ4v) is 5.83. The van der Waals surface area contributed by atoms with Crippen molar-refractivity contribution in [3.05, 3.63) is 71.3 Å². The standard InChI is InChI=1S/C27H32ClN/c1-19(2)17-26(4)23-9-7-6-8-21(23)22-11-10-20(16-24(22)26)27(18-29-5)14-12-25(3,28)13-15-27/h6-11,16,18H,1,12-15,17H2,2-5H3. The van der Waals surface area contributed by atoms with Crippen molar-refractivity contribution in [1.82, 2.24) is 0 Å². The van der Waals surface area contributed by atoms with Crippen LogP contribution in [0.5, 0.6) is 0 Å². The Hall–Kier alpha value is -1.86. The van der Waals surface area contributed by atoms with E-state index >= 15 is 0 Å². The van der Waals surface area contributed by atoms with Gasteiger partial charge >= 0.3 is 0 Å². The number of hydrogen-bond donors (Lipinski definition) is 0. The molecule has 2 heteroatoms. The molecule has 0 bridgehead atoms. The Morgan fingerprint density at radius 2 is 1.69 bits per heavy atom. The van der Waals surface area contributed by atoms with E-state index in [0.29, 0.717) is 0 Å². The second kappa shape index (κ2) is 7.13. The third kappa shape index (κ3) is 3.38. The number of allylic oxidation sites excluding steroid dienone is 1. The van der Waals surface area contributed by atoms with Crippen molar-refractivity contribution < 1.29 is 0 Å². The monoisotopic (exact) mass is 405 g/mol. The first kappa shape index (κ1) is 20.4. The minimum atomic E-state index is -0.0908. The normalized spacial score (nSPS) is 30.9. The van der Waals surface area contributed by atoms with E-state index < -0.39 is 0 Å². The number of rotatable bonds is 4. The van der Waals surface area contributed by atoms with Crippen LogP contribution in [0.25, 0.3) is 11.1 Å². The van der Waals surface area contributed by atoms with Crippen molar-refractivity contribution in [3.63, 3.8) is 0 Å². The van der Waals surface area contributed by atoms with E-state index in [0.717, 1.165) is 32.1 Å². The Morgan fingerprint density at radius 3 is 2.34 bits per heavy atom. The first-order valence-electron chi connectivity index (χ1n) is 10.7. The van der Waals surface area contributed by atoms with Crippen LogP contribution in [-0.4, -0.2) is 18.1 Å². The highest BCUT2D eigenvalue weighted by Gasteiger charge is 2.43. The molecule has 2 aromatic rings. The Labute approximate surface area is 180 Å². The van der Waals surface area contributed by atoms with Crippen LogP contribution in [0.3, 0.4) is 0 Å². The first-order chi connectivity index (χ1) is 13.7. The maximum Gasteiger partial charge on any atom is 0.0419 e. The second-order valence-corrected chi connectivity index (χ2v) is 10.6. The molecule has 0 aromatic heterocycles. The van der Waals surface area contributed by atoms with Crippen LogP contribution in [0.4, 0.5) is 0 Å².